The summed E-state index contributed by atoms with van der Waals surface area (Å²) in [4.78, 5) is 16.0. The quantitative estimate of drug-likeness (QED) is 0.616. The first-order chi connectivity index (χ1) is 10.4. The van der Waals surface area contributed by atoms with Crippen LogP contribution in [0.5, 0.6) is 0 Å². The van der Waals surface area contributed by atoms with Gasteiger partial charge in [-0.1, -0.05) is 58.5 Å². The van der Waals surface area contributed by atoms with Gasteiger partial charge in [0.2, 0.25) is 3.79 Å². The smallest absolute Gasteiger partial charge is 0.254 e. The summed E-state index contributed by atoms with van der Waals surface area (Å²) in [6.07, 6.45) is 2.00. The maximum absolute atomic E-state index is 12.2. The van der Waals surface area contributed by atoms with E-state index in [0.717, 1.165) is 0 Å². The van der Waals surface area contributed by atoms with Crippen LogP contribution in [0.4, 0.5) is 5.69 Å². The first-order valence-corrected chi connectivity index (χ1v) is 7.68. The van der Waals surface area contributed by atoms with E-state index in [1.165, 1.54) is 6.20 Å². The van der Waals surface area contributed by atoms with Crippen molar-refractivity contribution in [2.75, 3.05) is 5.32 Å². The molecule has 1 aromatic carbocycles. The molecule has 0 aliphatic rings. The third-order valence-corrected chi connectivity index (χ3v) is 3.68. The molecule has 8 heteroatoms. The molecule has 0 aliphatic heterocycles. The minimum Gasteiger partial charge on any atom is -0.361 e. The number of carbonyl (C=O) groups is 1. The molecule has 1 heterocycles. The number of amides is 1. The van der Waals surface area contributed by atoms with Crippen molar-refractivity contribution >= 4 is 58.0 Å². The van der Waals surface area contributed by atoms with Crippen LogP contribution >= 0.6 is 46.4 Å². The van der Waals surface area contributed by atoms with Gasteiger partial charge in [-0.3, -0.25) is 9.78 Å². The number of para-hydroxylation sites is 1. The Morgan fingerprint density at radius 3 is 2.45 bits per heavy atom. The van der Waals surface area contributed by atoms with E-state index in [-0.39, 0.29) is 0 Å². The van der Waals surface area contributed by atoms with E-state index in [0.29, 0.717) is 16.3 Å². The van der Waals surface area contributed by atoms with Gasteiger partial charge in [-0.25, -0.2) is 0 Å². The lowest BCUT2D eigenvalue weighted by Crippen LogP contribution is -2.49. The SMILES string of the molecule is O=C(N[C@@H](Nc1ccccc1Cl)C(Cl)(Cl)Cl)c1cccnc1. The number of anilines is 1. The van der Waals surface area contributed by atoms with Crippen LogP contribution in [0.15, 0.2) is 48.8 Å². The van der Waals surface area contributed by atoms with Gasteiger partial charge in [0.1, 0.15) is 6.17 Å². The highest BCUT2D eigenvalue weighted by molar-refractivity contribution is 6.68. The fourth-order valence-corrected chi connectivity index (χ4v) is 2.16. The topological polar surface area (TPSA) is 54.0 Å². The first kappa shape index (κ1) is 17.2. The molecule has 0 saturated carbocycles. The zero-order valence-corrected chi connectivity index (χ0v) is 14.1. The van der Waals surface area contributed by atoms with Crippen molar-refractivity contribution in [3.8, 4) is 0 Å². The van der Waals surface area contributed by atoms with E-state index < -0.39 is 15.9 Å². The number of hydrogen-bond acceptors (Lipinski definition) is 3. The minimum atomic E-state index is -1.78. The Balaban J connectivity index is 2.18. The van der Waals surface area contributed by atoms with Crippen molar-refractivity contribution in [3.63, 3.8) is 0 Å². The molecule has 22 heavy (non-hydrogen) atoms. The predicted molar refractivity (Wildman–Crippen MR) is 90.9 cm³/mol. The van der Waals surface area contributed by atoms with Crippen LogP contribution in [0.1, 0.15) is 10.4 Å². The van der Waals surface area contributed by atoms with Crippen molar-refractivity contribution < 1.29 is 4.79 Å². The highest BCUT2D eigenvalue weighted by atomic mass is 35.6. The molecule has 116 valence electrons. The Labute approximate surface area is 147 Å². The average Bonchev–Trinajstić information content (AvgIpc) is 2.48. The summed E-state index contributed by atoms with van der Waals surface area (Å²) < 4.78 is -1.78. The van der Waals surface area contributed by atoms with E-state index >= 15 is 0 Å². The third-order valence-electron chi connectivity index (χ3n) is 2.70. The van der Waals surface area contributed by atoms with Gasteiger partial charge in [-0.2, -0.15) is 0 Å². The highest BCUT2D eigenvalue weighted by Gasteiger charge is 2.34. The number of hydrogen-bond donors (Lipinski definition) is 2. The normalized spacial score (nSPS) is 12.5. The van der Waals surface area contributed by atoms with Gasteiger partial charge >= 0.3 is 0 Å². The Kier molecular flexibility index (Phi) is 5.75. The fourth-order valence-electron chi connectivity index (χ4n) is 1.65. The van der Waals surface area contributed by atoms with Gasteiger partial charge in [0, 0.05) is 12.4 Å². The molecule has 1 atom stereocenters. The molecule has 0 saturated heterocycles. The number of benzene rings is 1. The second-order valence-corrected chi connectivity index (χ2v) is 7.09. The zero-order valence-electron chi connectivity index (χ0n) is 11.1. The summed E-state index contributed by atoms with van der Waals surface area (Å²) in [5.74, 6) is -0.427. The van der Waals surface area contributed by atoms with E-state index in [1.807, 2.05) is 0 Å². The predicted octanol–water partition coefficient (Wildman–Crippen LogP) is 4.27. The van der Waals surface area contributed by atoms with Crippen LogP contribution in [0.2, 0.25) is 5.02 Å². The van der Waals surface area contributed by atoms with Crippen LogP contribution in [-0.2, 0) is 0 Å². The van der Waals surface area contributed by atoms with Gasteiger partial charge in [0.15, 0.2) is 0 Å². The second-order valence-electron chi connectivity index (χ2n) is 4.31. The van der Waals surface area contributed by atoms with Crippen molar-refractivity contribution in [1.82, 2.24) is 10.3 Å². The molecular formula is C14H11Cl4N3O. The van der Waals surface area contributed by atoms with Crippen LogP contribution in [0, 0.1) is 0 Å². The first-order valence-electron chi connectivity index (χ1n) is 6.16. The van der Waals surface area contributed by atoms with Crippen molar-refractivity contribution in [2.45, 2.75) is 9.96 Å². The average molecular weight is 379 g/mol. The Hall–Kier alpha value is -1.20. The second kappa shape index (κ2) is 7.38. The lowest BCUT2D eigenvalue weighted by atomic mass is 10.2. The summed E-state index contributed by atoms with van der Waals surface area (Å²) in [7, 11) is 0. The molecule has 1 amide bonds. The number of halogens is 4. The van der Waals surface area contributed by atoms with Gasteiger partial charge in [0.25, 0.3) is 5.91 Å². The summed E-state index contributed by atoms with van der Waals surface area (Å²) >= 11 is 23.8. The molecule has 2 rings (SSSR count). The lowest BCUT2D eigenvalue weighted by molar-refractivity contribution is 0.0941. The van der Waals surface area contributed by atoms with Gasteiger partial charge in [0.05, 0.1) is 16.3 Å². The van der Waals surface area contributed by atoms with Crippen molar-refractivity contribution in [1.29, 1.82) is 0 Å². The Morgan fingerprint density at radius 2 is 1.86 bits per heavy atom. The number of aromatic nitrogens is 1. The summed E-state index contributed by atoms with van der Waals surface area (Å²) in [6, 6.07) is 10.2. The van der Waals surface area contributed by atoms with Crippen molar-refractivity contribution in [2.24, 2.45) is 0 Å². The summed E-state index contributed by atoms with van der Waals surface area (Å²) in [5.41, 5.74) is 0.884. The van der Waals surface area contributed by atoms with Crippen LogP contribution in [0.3, 0.4) is 0 Å². The fraction of sp³-hybridized carbons (Fsp3) is 0.143. The molecule has 0 fully saturated rings. The highest BCUT2D eigenvalue weighted by Crippen LogP contribution is 2.32. The number of rotatable bonds is 4. The van der Waals surface area contributed by atoms with Crippen LogP contribution in [0.25, 0.3) is 0 Å². The molecule has 0 aliphatic carbocycles. The maximum atomic E-state index is 12.2. The van der Waals surface area contributed by atoms with Crippen LogP contribution in [-0.4, -0.2) is 20.8 Å². The number of alkyl halides is 3. The largest absolute Gasteiger partial charge is 0.361 e. The summed E-state index contributed by atoms with van der Waals surface area (Å²) in [5, 5.41) is 5.95. The van der Waals surface area contributed by atoms with E-state index in [2.05, 4.69) is 15.6 Å². The molecule has 2 N–H and O–H groups in total. The number of nitrogens with one attached hydrogen (secondary N) is 2. The Morgan fingerprint density at radius 1 is 1.14 bits per heavy atom. The maximum Gasteiger partial charge on any atom is 0.254 e. The minimum absolute atomic E-state index is 0.350. The number of nitrogens with zero attached hydrogens (tertiary/aromatic N) is 1. The van der Waals surface area contributed by atoms with Crippen LogP contribution < -0.4 is 10.6 Å². The van der Waals surface area contributed by atoms with E-state index in [1.54, 1.807) is 42.6 Å². The van der Waals surface area contributed by atoms with Gasteiger partial charge in [-0.05, 0) is 24.3 Å². The monoisotopic (exact) mass is 377 g/mol. The van der Waals surface area contributed by atoms with E-state index in [4.69, 9.17) is 46.4 Å². The molecule has 0 bridgehead atoms. The number of pyridine rings is 1. The lowest BCUT2D eigenvalue weighted by Gasteiger charge is -2.27. The van der Waals surface area contributed by atoms with Gasteiger partial charge < -0.3 is 10.6 Å². The number of carbonyl (C=O) groups excluding carboxylic acids is 1. The Bertz CT molecular complexity index is 646. The molecular weight excluding hydrogens is 368 g/mol. The molecule has 2 aromatic rings. The molecule has 0 radical (unpaired) electrons. The molecule has 0 unspecified atom stereocenters. The molecule has 0 spiro atoms. The standard InChI is InChI=1S/C14H11Cl4N3O/c15-10-5-1-2-6-11(10)20-13(14(16,17)18)21-12(22)9-4-3-7-19-8-9/h1-8,13,20H,(H,21,22)/t13-/m1/s1. The molecule has 4 nitrogen and oxygen atoms in total. The third kappa shape index (κ3) is 4.65. The molecule has 1 aromatic heterocycles. The zero-order chi connectivity index (χ0) is 16.2. The van der Waals surface area contributed by atoms with E-state index in [9.17, 15) is 4.79 Å². The summed E-state index contributed by atoms with van der Waals surface area (Å²) in [6.45, 7) is 0. The van der Waals surface area contributed by atoms with Gasteiger partial charge in [-0.15, -0.1) is 0 Å². The van der Waals surface area contributed by atoms with Crippen molar-refractivity contribution in [3.05, 3.63) is 59.4 Å².